The molecule has 0 aromatic heterocycles. The monoisotopic (exact) mass is 301 g/mol. The lowest BCUT2D eigenvalue weighted by molar-refractivity contribution is -0.00175. The third-order valence-corrected chi connectivity index (χ3v) is 3.92. The Hall–Kier alpha value is -2.74. The molecule has 0 atom stereocenters. The molecular formula is C20H19N3. The lowest BCUT2D eigenvalue weighted by atomic mass is 10.1. The summed E-state index contributed by atoms with van der Waals surface area (Å²) in [6.45, 7) is 1.72. The molecule has 0 N–H and O–H groups in total. The number of benzene rings is 2. The van der Waals surface area contributed by atoms with Crippen LogP contribution in [-0.2, 0) is 13.1 Å². The van der Waals surface area contributed by atoms with Crippen molar-refractivity contribution in [2.75, 3.05) is 0 Å². The minimum absolute atomic E-state index is 0.181. The van der Waals surface area contributed by atoms with Crippen LogP contribution in [0.3, 0.4) is 0 Å². The number of hydrogen-bond donors (Lipinski definition) is 0. The van der Waals surface area contributed by atoms with Crippen molar-refractivity contribution in [2.45, 2.75) is 19.1 Å². The smallest absolute Gasteiger partial charge is 0.314 e. The van der Waals surface area contributed by atoms with E-state index >= 15 is 0 Å². The molecule has 0 saturated heterocycles. The van der Waals surface area contributed by atoms with Gasteiger partial charge in [-0.2, -0.15) is 4.79 Å². The Morgan fingerprint density at radius 2 is 1.26 bits per heavy atom. The van der Waals surface area contributed by atoms with Gasteiger partial charge in [0, 0.05) is 31.3 Å². The molecule has 0 fully saturated rings. The van der Waals surface area contributed by atoms with E-state index in [4.69, 9.17) is 5.53 Å². The van der Waals surface area contributed by atoms with Crippen molar-refractivity contribution in [1.82, 2.24) is 4.90 Å². The van der Waals surface area contributed by atoms with Crippen LogP contribution in [0.2, 0.25) is 0 Å². The molecule has 0 spiro atoms. The van der Waals surface area contributed by atoms with Crippen LogP contribution in [0, 0.1) is 0 Å². The van der Waals surface area contributed by atoms with Gasteiger partial charge in [0.15, 0.2) is 0 Å². The van der Waals surface area contributed by atoms with Gasteiger partial charge in [-0.1, -0.05) is 72.8 Å². The van der Waals surface area contributed by atoms with Crippen LogP contribution < -0.4 is 0 Å². The Bertz CT molecular complexity index is 683. The van der Waals surface area contributed by atoms with Crippen molar-refractivity contribution >= 4 is 5.71 Å². The summed E-state index contributed by atoms with van der Waals surface area (Å²) in [5, 5.41) is 0. The van der Waals surface area contributed by atoms with E-state index in [1.54, 1.807) is 0 Å². The highest BCUT2D eigenvalue weighted by molar-refractivity contribution is 6.00. The first-order chi connectivity index (χ1) is 11.3. The fraction of sp³-hybridized carbons (Fsp3) is 0.150. The molecule has 0 unspecified atom stereocenters. The Morgan fingerprint density at radius 3 is 1.70 bits per heavy atom. The highest BCUT2D eigenvalue weighted by Gasteiger charge is 2.18. The van der Waals surface area contributed by atoms with E-state index in [1.807, 2.05) is 24.3 Å². The second kappa shape index (κ2) is 7.50. The summed E-state index contributed by atoms with van der Waals surface area (Å²) < 4.78 is 0. The van der Waals surface area contributed by atoms with Crippen molar-refractivity contribution in [3.8, 4) is 0 Å². The minimum Gasteiger partial charge on any atom is -0.361 e. The molecule has 2 aromatic carbocycles. The van der Waals surface area contributed by atoms with E-state index in [0.717, 1.165) is 13.1 Å². The zero-order valence-electron chi connectivity index (χ0n) is 12.9. The topological polar surface area (TPSA) is 39.6 Å². The zero-order valence-corrected chi connectivity index (χ0v) is 12.9. The van der Waals surface area contributed by atoms with Gasteiger partial charge in [0.1, 0.15) is 0 Å². The van der Waals surface area contributed by atoms with Gasteiger partial charge in [-0.3, -0.25) is 4.90 Å². The molecule has 3 heteroatoms. The Balaban J connectivity index is 1.81. The van der Waals surface area contributed by atoms with E-state index in [1.165, 1.54) is 11.1 Å². The zero-order chi connectivity index (χ0) is 15.9. The highest BCUT2D eigenvalue weighted by Crippen LogP contribution is 2.17. The summed E-state index contributed by atoms with van der Waals surface area (Å²) in [5.41, 5.74) is 12.0. The lowest BCUT2D eigenvalue weighted by Gasteiger charge is -2.28. The summed E-state index contributed by atoms with van der Waals surface area (Å²) in [5.74, 6) is 0. The predicted molar refractivity (Wildman–Crippen MR) is 92.8 cm³/mol. The Labute approximate surface area is 136 Å². The third-order valence-electron chi connectivity index (χ3n) is 3.92. The van der Waals surface area contributed by atoms with Crippen LogP contribution in [0.5, 0.6) is 0 Å². The molecule has 0 aliphatic heterocycles. The molecule has 0 heterocycles. The molecule has 1 aliphatic carbocycles. The number of rotatable bonds is 5. The SMILES string of the molecule is [N-]=[N+]=C1C=CC(N(Cc2ccccc2)Cc2ccccc2)C=C1. The van der Waals surface area contributed by atoms with Gasteiger partial charge in [0.05, 0.1) is 0 Å². The van der Waals surface area contributed by atoms with Gasteiger partial charge in [-0.05, 0) is 11.1 Å². The average Bonchev–Trinajstić information content (AvgIpc) is 2.63. The Morgan fingerprint density at radius 1 is 0.783 bits per heavy atom. The van der Waals surface area contributed by atoms with E-state index in [2.05, 4.69) is 70.4 Å². The lowest BCUT2D eigenvalue weighted by Crippen LogP contribution is -2.32. The summed E-state index contributed by atoms with van der Waals surface area (Å²) in [7, 11) is 0. The maximum absolute atomic E-state index is 8.86. The molecule has 3 rings (SSSR count). The Kier molecular flexibility index (Phi) is 4.95. The van der Waals surface area contributed by atoms with Crippen LogP contribution in [-0.4, -0.2) is 21.4 Å². The summed E-state index contributed by atoms with van der Waals surface area (Å²) in [4.78, 5) is 5.63. The first-order valence-corrected chi connectivity index (χ1v) is 7.75. The maximum Gasteiger partial charge on any atom is 0.314 e. The first-order valence-electron chi connectivity index (χ1n) is 7.75. The number of nitrogens with zero attached hydrogens (tertiary/aromatic N) is 3. The fourth-order valence-corrected chi connectivity index (χ4v) is 2.73. The molecule has 0 amide bonds. The van der Waals surface area contributed by atoms with Gasteiger partial charge in [0.25, 0.3) is 0 Å². The van der Waals surface area contributed by atoms with E-state index < -0.39 is 0 Å². The highest BCUT2D eigenvalue weighted by atomic mass is 15.1. The van der Waals surface area contributed by atoms with E-state index in [-0.39, 0.29) is 6.04 Å². The molecular weight excluding hydrogens is 282 g/mol. The molecule has 3 nitrogen and oxygen atoms in total. The van der Waals surface area contributed by atoms with Crippen molar-refractivity contribution < 1.29 is 4.79 Å². The molecule has 1 aliphatic rings. The van der Waals surface area contributed by atoms with Crippen LogP contribution in [0.15, 0.2) is 85.0 Å². The van der Waals surface area contributed by atoms with Gasteiger partial charge in [-0.15, -0.1) is 0 Å². The molecule has 0 radical (unpaired) electrons. The van der Waals surface area contributed by atoms with Crippen molar-refractivity contribution in [2.24, 2.45) is 0 Å². The third kappa shape index (κ3) is 4.13. The molecule has 114 valence electrons. The van der Waals surface area contributed by atoms with Crippen molar-refractivity contribution in [3.05, 3.63) is 102 Å². The van der Waals surface area contributed by atoms with Gasteiger partial charge in [-0.25, -0.2) is 0 Å². The van der Waals surface area contributed by atoms with Crippen LogP contribution in [0.1, 0.15) is 11.1 Å². The first kappa shape index (κ1) is 15.2. The van der Waals surface area contributed by atoms with E-state index in [9.17, 15) is 0 Å². The van der Waals surface area contributed by atoms with Crippen LogP contribution in [0.25, 0.3) is 5.53 Å². The second-order valence-corrected chi connectivity index (χ2v) is 5.61. The van der Waals surface area contributed by atoms with Crippen molar-refractivity contribution in [3.63, 3.8) is 0 Å². The summed E-state index contributed by atoms with van der Waals surface area (Å²) >= 11 is 0. The minimum atomic E-state index is 0.181. The molecule has 0 bridgehead atoms. The summed E-state index contributed by atoms with van der Waals surface area (Å²) in [6.07, 6.45) is 7.85. The average molecular weight is 301 g/mol. The van der Waals surface area contributed by atoms with Gasteiger partial charge >= 0.3 is 5.71 Å². The maximum atomic E-state index is 8.86. The van der Waals surface area contributed by atoms with Crippen LogP contribution in [0.4, 0.5) is 0 Å². The van der Waals surface area contributed by atoms with E-state index in [0.29, 0.717) is 5.71 Å². The fourth-order valence-electron chi connectivity index (χ4n) is 2.73. The van der Waals surface area contributed by atoms with Crippen LogP contribution >= 0.6 is 0 Å². The predicted octanol–water partition coefficient (Wildman–Crippen LogP) is 3.85. The standard InChI is InChI=1S/C20H19N3/c21-22-19-11-13-20(14-12-19)23(15-17-7-3-1-4-8-17)16-18-9-5-2-6-10-18/h1-14,20H,15-16H2. The van der Waals surface area contributed by atoms with Crippen molar-refractivity contribution in [1.29, 1.82) is 0 Å². The molecule has 2 aromatic rings. The van der Waals surface area contributed by atoms with Gasteiger partial charge in [0.2, 0.25) is 0 Å². The summed E-state index contributed by atoms with van der Waals surface area (Å²) in [6, 6.07) is 21.1. The van der Waals surface area contributed by atoms with Gasteiger partial charge < -0.3 is 5.53 Å². The quantitative estimate of drug-likeness (QED) is 0.610. The second-order valence-electron chi connectivity index (χ2n) is 5.61. The largest absolute Gasteiger partial charge is 0.361 e. The number of hydrogen-bond acceptors (Lipinski definition) is 1. The molecule has 23 heavy (non-hydrogen) atoms. The molecule has 0 saturated carbocycles. The number of allylic oxidation sites excluding steroid dienone is 2. The normalized spacial score (nSPS) is 16.6.